The van der Waals surface area contributed by atoms with E-state index < -0.39 is 5.54 Å². The van der Waals surface area contributed by atoms with Crippen LogP contribution < -0.4 is 10.6 Å². The summed E-state index contributed by atoms with van der Waals surface area (Å²) >= 11 is 1.49. The largest absolute Gasteiger partial charge is 0.343 e. The minimum absolute atomic E-state index is 0.0509. The second kappa shape index (κ2) is 6.73. The Morgan fingerprint density at radius 3 is 2.79 bits per heavy atom. The maximum Gasteiger partial charge on any atom is 0.251 e. The zero-order valence-corrected chi connectivity index (χ0v) is 14.7. The number of hydrogen-bond donors (Lipinski definition) is 2. The Kier molecular flexibility index (Phi) is 4.66. The predicted molar refractivity (Wildman–Crippen MR) is 94.1 cm³/mol. The maximum atomic E-state index is 12.2. The van der Waals surface area contributed by atoms with E-state index in [1.54, 1.807) is 6.20 Å². The fourth-order valence-corrected chi connectivity index (χ4v) is 3.67. The van der Waals surface area contributed by atoms with Crippen molar-refractivity contribution >= 4 is 23.2 Å². The minimum atomic E-state index is -0.552. The standard InChI is InChI=1S/C18H21N3O2S/c1-18(2,17-19-8-9-24-17)21-15(22)11-20-16(23)14-7-6-12-4-3-5-13(12)10-14/h6-10H,3-5,11H2,1-2H3,(H,20,23)(H,21,22). The second-order valence-electron chi connectivity index (χ2n) is 6.53. The van der Waals surface area contributed by atoms with Crippen molar-refractivity contribution in [2.45, 2.75) is 38.6 Å². The SMILES string of the molecule is CC(C)(NC(=O)CNC(=O)c1ccc2c(c1)CCC2)c1nccs1. The lowest BCUT2D eigenvalue weighted by Gasteiger charge is -2.23. The van der Waals surface area contributed by atoms with Crippen molar-refractivity contribution in [2.24, 2.45) is 0 Å². The first-order valence-corrected chi connectivity index (χ1v) is 8.95. The van der Waals surface area contributed by atoms with E-state index in [4.69, 9.17) is 0 Å². The third-order valence-corrected chi connectivity index (χ3v) is 5.29. The van der Waals surface area contributed by atoms with Crippen LogP contribution in [-0.4, -0.2) is 23.3 Å². The molecular weight excluding hydrogens is 322 g/mol. The third-order valence-electron chi connectivity index (χ3n) is 4.19. The first-order valence-electron chi connectivity index (χ1n) is 8.07. The van der Waals surface area contributed by atoms with E-state index in [2.05, 4.69) is 15.6 Å². The predicted octanol–water partition coefficient (Wildman–Crippen LogP) is 2.41. The van der Waals surface area contributed by atoms with Gasteiger partial charge in [-0.3, -0.25) is 9.59 Å². The van der Waals surface area contributed by atoms with Gasteiger partial charge in [0.1, 0.15) is 5.01 Å². The Bertz CT molecular complexity index is 754. The van der Waals surface area contributed by atoms with E-state index >= 15 is 0 Å². The summed E-state index contributed by atoms with van der Waals surface area (Å²) in [7, 11) is 0. The van der Waals surface area contributed by atoms with Crippen LogP contribution >= 0.6 is 11.3 Å². The van der Waals surface area contributed by atoms with Crippen LogP contribution in [0, 0.1) is 0 Å². The summed E-state index contributed by atoms with van der Waals surface area (Å²) in [6, 6.07) is 5.79. The summed E-state index contributed by atoms with van der Waals surface area (Å²) in [5.74, 6) is -0.448. The fraction of sp³-hybridized carbons (Fsp3) is 0.389. The van der Waals surface area contributed by atoms with Crippen molar-refractivity contribution in [3.63, 3.8) is 0 Å². The Morgan fingerprint density at radius 1 is 1.25 bits per heavy atom. The summed E-state index contributed by atoms with van der Waals surface area (Å²) in [6.45, 7) is 3.74. The molecule has 1 aromatic heterocycles. The highest BCUT2D eigenvalue weighted by Crippen LogP contribution is 2.23. The molecule has 1 heterocycles. The number of thiazole rings is 1. The van der Waals surface area contributed by atoms with Gasteiger partial charge in [-0.15, -0.1) is 11.3 Å². The molecule has 126 valence electrons. The lowest BCUT2D eigenvalue weighted by Crippen LogP contribution is -2.45. The minimum Gasteiger partial charge on any atom is -0.343 e. The van der Waals surface area contributed by atoms with Crippen LogP contribution in [-0.2, 0) is 23.2 Å². The van der Waals surface area contributed by atoms with Crippen molar-refractivity contribution in [2.75, 3.05) is 6.54 Å². The van der Waals surface area contributed by atoms with Crippen LogP contribution in [0.5, 0.6) is 0 Å². The number of nitrogens with zero attached hydrogens (tertiary/aromatic N) is 1. The molecule has 3 rings (SSSR count). The molecule has 0 atom stereocenters. The Hall–Kier alpha value is -2.21. The third kappa shape index (κ3) is 3.64. The van der Waals surface area contributed by atoms with E-state index in [1.165, 1.54) is 22.5 Å². The molecule has 24 heavy (non-hydrogen) atoms. The molecule has 0 radical (unpaired) electrons. The van der Waals surface area contributed by atoms with Gasteiger partial charge < -0.3 is 10.6 Å². The normalized spacial score (nSPS) is 13.4. The van der Waals surface area contributed by atoms with Gasteiger partial charge in [-0.05, 0) is 56.4 Å². The van der Waals surface area contributed by atoms with Crippen molar-refractivity contribution in [1.82, 2.24) is 15.6 Å². The van der Waals surface area contributed by atoms with Crippen LogP contribution in [0.15, 0.2) is 29.8 Å². The Balaban J connectivity index is 1.55. The van der Waals surface area contributed by atoms with Crippen LogP contribution in [0.25, 0.3) is 0 Å². The molecule has 0 unspecified atom stereocenters. The molecule has 5 nitrogen and oxygen atoms in total. The van der Waals surface area contributed by atoms with Crippen LogP contribution in [0.4, 0.5) is 0 Å². The summed E-state index contributed by atoms with van der Waals surface area (Å²) in [5, 5.41) is 8.30. The molecule has 6 heteroatoms. The number of amides is 2. The highest BCUT2D eigenvalue weighted by Gasteiger charge is 2.25. The van der Waals surface area contributed by atoms with Gasteiger partial charge in [0.05, 0.1) is 12.1 Å². The van der Waals surface area contributed by atoms with Gasteiger partial charge in [0.15, 0.2) is 0 Å². The van der Waals surface area contributed by atoms with Crippen LogP contribution in [0.2, 0.25) is 0 Å². The summed E-state index contributed by atoms with van der Waals surface area (Å²) < 4.78 is 0. The summed E-state index contributed by atoms with van der Waals surface area (Å²) in [6.07, 6.45) is 4.97. The van der Waals surface area contributed by atoms with Crippen molar-refractivity contribution in [3.05, 3.63) is 51.5 Å². The molecule has 0 fully saturated rings. The zero-order valence-electron chi connectivity index (χ0n) is 13.9. The highest BCUT2D eigenvalue weighted by atomic mass is 32.1. The van der Waals surface area contributed by atoms with Gasteiger partial charge in [0.2, 0.25) is 5.91 Å². The number of carbonyl (C=O) groups excluding carboxylic acids is 2. The van der Waals surface area contributed by atoms with Gasteiger partial charge in [0, 0.05) is 17.1 Å². The maximum absolute atomic E-state index is 12.2. The molecule has 2 N–H and O–H groups in total. The molecule has 0 saturated heterocycles. The second-order valence-corrected chi connectivity index (χ2v) is 7.42. The zero-order chi connectivity index (χ0) is 17.2. The Labute approximate surface area is 145 Å². The number of aryl methyl sites for hydroxylation is 2. The van der Waals surface area contributed by atoms with Crippen LogP contribution in [0.1, 0.15) is 46.8 Å². The number of carbonyl (C=O) groups is 2. The van der Waals surface area contributed by atoms with Gasteiger partial charge in [0.25, 0.3) is 5.91 Å². The molecule has 0 aliphatic heterocycles. The van der Waals surface area contributed by atoms with Gasteiger partial charge in [-0.2, -0.15) is 0 Å². The molecule has 0 spiro atoms. The van der Waals surface area contributed by atoms with Gasteiger partial charge in [-0.1, -0.05) is 6.07 Å². The lowest BCUT2D eigenvalue weighted by molar-refractivity contribution is -0.121. The number of hydrogen-bond acceptors (Lipinski definition) is 4. The van der Waals surface area contributed by atoms with Crippen molar-refractivity contribution in [1.29, 1.82) is 0 Å². The fourth-order valence-electron chi connectivity index (χ4n) is 2.95. The molecule has 1 aliphatic carbocycles. The number of benzene rings is 1. The van der Waals surface area contributed by atoms with Crippen molar-refractivity contribution in [3.8, 4) is 0 Å². The molecule has 0 bridgehead atoms. The molecule has 0 saturated carbocycles. The van der Waals surface area contributed by atoms with E-state index in [0.717, 1.165) is 24.3 Å². The highest BCUT2D eigenvalue weighted by molar-refractivity contribution is 7.09. The average molecular weight is 343 g/mol. The molecule has 1 aromatic carbocycles. The summed E-state index contributed by atoms with van der Waals surface area (Å²) in [4.78, 5) is 28.6. The van der Waals surface area contributed by atoms with Crippen LogP contribution in [0.3, 0.4) is 0 Å². The first kappa shape index (κ1) is 16.6. The van der Waals surface area contributed by atoms with E-state index in [1.807, 2.05) is 37.4 Å². The number of rotatable bonds is 5. The quantitative estimate of drug-likeness (QED) is 0.876. The Morgan fingerprint density at radius 2 is 2.04 bits per heavy atom. The molecule has 1 aliphatic rings. The topological polar surface area (TPSA) is 71.1 Å². The van der Waals surface area contributed by atoms with Gasteiger partial charge in [-0.25, -0.2) is 4.98 Å². The number of fused-ring (bicyclic) bond motifs is 1. The lowest BCUT2D eigenvalue weighted by atomic mass is 10.1. The van der Waals surface area contributed by atoms with Crippen molar-refractivity contribution < 1.29 is 9.59 Å². The smallest absolute Gasteiger partial charge is 0.251 e. The van der Waals surface area contributed by atoms with Gasteiger partial charge >= 0.3 is 0 Å². The number of aromatic nitrogens is 1. The first-order chi connectivity index (χ1) is 11.5. The number of nitrogens with one attached hydrogen (secondary N) is 2. The summed E-state index contributed by atoms with van der Waals surface area (Å²) in [5.41, 5.74) is 2.64. The monoisotopic (exact) mass is 343 g/mol. The van der Waals surface area contributed by atoms with E-state index in [0.29, 0.717) is 5.56 Å². The molecule has 2 amide bonds. The van der Waals surface area contributed by atoms with E-state index in [9.17, 15) is 9.59 Å². The van der Waals surface area contributed by atoms with E-state index in [-0.39, 0.29) is 18.4 Å². The molecule has 2 aromatic rings. The average Bonchev–Trinajstić information content (AvgIpc) is 3.22. The molecular formula is C18H21N3O2S.